The first-order valence-electron chi connectivity index (χ1n) is 4.95. The molecule has 1 aromatic carbocycles. The maximum Gasteiger partial charge on any atom is 0.421 e. The Hall–Kier alpha value is -1.89. The average Bonchev–Trinajstić information content (AvgIpc) is 2.25. The molecule has 1 aromatic heterocycles. The van der Waals surface area contributed by atoms with Crippen LogP contribution in [0.15, 0.2) is 24.3 Å². The van der Waals surface area contributed by atoms with Crippen LogP contribution in [-0.2, 0) is 6.18 Å². The van der Waals surface area contributed by atoms with Crippen LogP contribution in [-0.4, -0.2) is 9.97 Å². The maximum atomic E-state index is 13.1. The van der Waals surface area contributed by atoms with E-state index in [2.05, 4.69) is 9.97 Å². The van der Waals surface area contributed by atoms with Gasteiger partial charge in [-0.15, -0.1) is 0 Å². The normalized spacial score (nSPS) is 11.6. The predicted octanol–water partition coefficient (Wildman–Crippen LogP) is 3.54. The van der Waals surface area contributed by atoms with Crippen molar-refractivity contribution in [1.82, 2.24) is 9.97 Å². The summed E-state index contributed by atoms with van der Waals surface area (Å²) in [5, 5.41) is -0.820. The first-order valence-corrected chi connectivity index (χ1v) is 5.33. The van der Waals surface area contributed by atoms with Crippen LogP contribution in [0.4, 0.5) is 23.5 Å². The summed E-state index contributed by atoms with van der Waals surface area (Å²) >= 11 is 5.46. The van der Waals surface area contributed by atoms with Gasteiger partial charge in [0.05, 0.1) is 5.69 Å². The molecule has 0 saturated heterocycles. The summed E-state index contributed by atoms with van der Waals surface area (Å²) in [7, 11) is 0. The minimum atomic E-state index is -4.77. The van der Waals surface area contributed by atoms with Gasteiger partial charge in [0.1, 0.15) is 16.5 Å². The smallest absolute Gasteiger partial charge is 0.368 e. The van der Waals surface area contributed by atoms with Crippen LogP contribution in [0.3, 0.4) is 0 Å². The molecule has 0 aliphatic carbocycles. The van der Waals surface area contributed by atoms with Crippen LogP contribution in [0.2, 0.25) is 5.15 Å². The first kappa shape index (κ1) is 13.5. The van der Waals surface area contributed by atoms with Crippen molar-refractivity contribution in [2.75, 3.05) is 5.73 Å². The van der Waals surface area contributed by atoms with Gasteiger partial charge in [-0.2, -0.15) is 13.2 Å². The first-order chi connectivity index (χ1) is 8.79. The van der Waals surface area contributed by atoms with E-state index < -0.39 is 34.4 Å². The molecule has 0 unspecified atom stereocenters. The van der Waals surface area contributed by atoms with Gasteiger partial charge in [0.15, 0.2) is 0 Å². The monoisotopic (exact) mass is 291 g/mol. The van der Waals surface area contributed by atoms with Crippen LogP contribution in [0.25, 0.3) is 11.3 Å². The van der Waals surface area contributed by atoms with Gasteiger partial charge < -0.3 is 5.73 Å². The summed E-state index contributed by atoms with van der Waals surface area (Å²) in [6.45, 7) is 0. The molecular formula is C11H6ClF4N3. The molecule has 2 rings (SSSR count). The van der Waals surface area contributed by atoms with Crippen molar-refractivity contribution in [2.45, 2.75) is 6.18 Å². The van der Waals surface area contributed by atoms with Crippen LogP contribution >= 0.6 is 11.6 Å². The fourth-order valence-electron chi connectivity index (χ4n) is 1.55. The minimum absolute atomic E-state index is 0.0803. The minimum Gasteiger partial charge on any atom is -0.368 e. The quantitative estimate of drug-likeness (QED) is 0.646. The topological polar surface area (TPSA) is 51.8 Å². The lowest BCUT2D eigenvalue weighted by molar-refractivity contribution is -0.137. The van der Waals surface area contributed by atoms with Crippen LogP contribution < -0.4 is 5.73 Å². The number of anilines is 1. The second-order valence-corrected chi connectivity index (χ2v) is 3.96. The van der Waals surface area contributed by atoms with Gasteiger partial charge in [-0.1, -0.05) is 23.7 Å². The van der Waals surface area contributed by atoms with Gasteiger partial charge >= 0.3 is 6.18 Å². The highest BCUT2D eigenvalue weighted by Crippen LogP contribution is 2.40. The van der Waals surface area contributed by atoms with E-state index in [0.29, 0.717) is 0 Å². The number of hydrogen-bond donors (Lipinski definition) is 1. The van der Waals surface area contributed by atoms with Crippen molar-refractivity contribution in [3.63, 3.8) is 0 Å². The van der Waals surface area contributed by atoms with Crippen LogP contribution in [0.1, 0.15) is 5.56 Å². The molecule has 1 heterocycles. The molecule has 0 radical (unpaired) electrons. The van der Waals surface area contributed by atoms with E-state index >= 15 is 0 Å². The Balaban J connectivity index is 2.75. The Labute approximate surface area is 110 Å². The lowest BCUT2D eigenvalue weighted by Gasteiger charge is -2.13. The molecule has 0 aliphatic heterocycles. The van der Waals surface area contributed by atoms with Crippen molar-refractivity contribution in [2.24, 2.45) is 0 Å². The predicted molar refractivity (Wildman–Crippen MR) is 61.9 cm³/mol. The Morgan fingerprint density at radius 2 is 1.84 bits per heavy atom. The zero-order valence-corrected chi connectivity index (χ0v) is 9.93. The number of alkyl halides is 3. The molecule has 0 bridgehead atoms. The van der Waals surface area contributed by atoms with Crippen molar-refractivity contribution >= 4 is 17.5 Å². The summed E-state index contributed by atoms with van der Waals surface area (Å²) < 4.78 is 51.9. The van der Waals surface area contributed by atoms with Gasteiger partial charge in [0.2, 0.25) is 5.95 Å². The second-order valence-electron chi connectivity index (χ2n) is 3.60. The van der Waals surface area contributed by atoms with Gasteiger partial charge in [-0.25, -0.2) is 14.4 Å². The number of halogens is 5. The largest absolute Gasteiger partial charge is 0.421 e. The van der Waals surface area contributed by atoms with Crippen molar-refractivity contribution < 1.29 is 17.6 Å². The van der Waals surface area contributed by atoms with Crippen LogP contribution in [0, 0.1) is 5.82 Å². The van der Waals surface area contributed by atoms with Gasteiger partial charge in [-0.05, 0) is 12.1 Å². The molecule has 2 N–H and O–H groups in total. The summed E-state index contributed by atoms with van der Waals surface area (Å²) in [6.07, 6.45) is -4.77. The van der Waals surface area contributed by atoms with E-state index in [4.69, 9.17) is 17.3 Å². The third-order valence-corrected chi connectivity index (χ3v) is 2.54. The number of hydrogen-bond acceptors (Lipinski definition) is 3. The summed E-state index contributed by atoms with van der Waals surface area (Å²) in [6, 6.07) is 4.55. The molecule has 0 saturated carbocycles. The van der Waals surface area contributed by atoms with E-state index in [0.717, 1.165) is 12.1 Å². The average molecular weight is 292 g/mol. The molecular weight excluding hydrogens is 286 g/mol. The third-order valence-electron chi connectivity index (χ3n) is 2.26. The van der Waals surface area contributed by atoms with E-state index in [1.54, 1.807) is 0 Å². The van der Waals surface area contributed by atoms with Gasteiger partial charge in [-0.3, -0.25) is 0 Å². The fraction of sp³-hybridized carbons (Fsp3) is 0.0909. The summed E-state index contributed by atoms with van der Waals surface area (Å²) in [4.78, 5) is 6.77. The highest BCUT2D eigenvalue weighted by molar-refractivity contribution is 6.30. The number of nitrogens with two attached hydrogens (primary N) is 1. The van der Waals surface area contributed by atoms with Gasteiger partial charge in [0.25, 0.3) is 0 Å². The standard InChI is InChI=1S/C11H6ClF4N3/c12-9-7(11(14,15)16)8(18-10(17)19-9)5-2-1-3-6(13)4-5/h1-4H,(H2,17,18,19). The molecule has 19 heavy (non-hydrogen) atoms. The molecule has 0 fully saturated rings. The molecule has 0 amide bonds. The van der Waals surface area contributed by atoms with Crippen molar-refractivity contribution in [3.05, 3.63) is 40.8 Å². The fourth-order valence-corrected chi connectivity index (χ4v) is 1.83. The van der Waals surface area contributed by atoms with Crippen molar-refractivity contribution in [1.29, 1.82) is 0 Å². The highest BCUT2D eigenvalue weighted by atomic mass is 35.5. The zero-order valence-electron chi connectivity index (χ0n) is 9.17. The zero-order chi connectivity index (χ0) is 14.2. The Morgan fingerprint density at radius 3 is 2.42 bits per heavy atom. The number of nitrogens with zero attached hydrogens (tertiary/aromatic N) is 2. The summed E-state index contributed by atoms with van der Waals surface area (Å²) in [5.41, 5.74) is 3.41. The van der Waals surface area contributed by atoms with E-state index in [-0.39, 0.29) is 5.56 Å². The Bertz CT molecular complexity index is 628. The molecule has 2 aromatic rings. The number of benzene rings is 1. The Morgan fingerprint density at radius 1 is 1.16 bits per heavy atom. The highest BCUT2D eigenvalue weighted by Gasteiger charge is 2.38. The molecule has 100 valence electrons. The lowest BCUT2D eigenvalue weighted by atomic mass is 10.1. The van der Waals surface area contributed by atoms with E-state index in [9.17, 15) is 17.6 Å². The molecule has 0 atom stereocenters. The van der Waals surface area contributed by atoms with Crippen LogP contribution in [0.5, 0.6) is 0 Å². The molecule has 0 spiro atoms. The number of rotatable bonds is 1. The molecule has 8 heteroatoms. The van der Waals surface area contributed by atoms with E-state index in [1.165, 1.54) is 12.1 Å². The van der Waals surface area contributed by atoms with Crippen molar-refractivity contribution in [3.8, 4) is 11.3 Å². The Kier molecular flexibility index (Phi) is 3.32. The SMILES string of the molecule is Nc1nc(Cl)c(C(F)(F)F)c(-c2cccc(F)c2)n1. The lowest BCUT2D eigenvalue weighted by Crippen LogP contribution is -2.12. The molecule has 0 aliphatic rings. The number of nitrogen functional groups attached to an aromatic ring is 1. The summed E-state index contributed by atoms with van der Waals surface area (Å²) in [5.74, 6) is -1.11. The molecule has 3 nitrogen and oxygen atoms in total. The second kappa shape index (κ2) is 4.65. The number of aromatic nitrogens is 2. The third kappa shape index (κ3) is 2.76. The maximum absolute atomic E-state index is 13.1. The van der Waals surface area contributed by atoms with E-state index in [1.807, 2.05) is 0 Å². The van der Waals surface area contributed by atoms with Gasteiger partial charge in [0, 0.05) is 5.56 Å².